The zero-order valence-electron chi connectivity index (χ0n) is 14.6. The van der Waals surface area contributed by atoms with Gasteiger partial charge in [-0.05, 0) is 29.2 Å². The van der Waals surface area contributed by atoms with Gasteiger partial charge in [0.15, 0.2) is 6.04 Å². The molecule has 0 spiro atoms. The number of aliphatic imine (C=N–C) groups is 1. The summed E-state index contributed by atoms with van der Waals surface area (Å²) >= 11 is 0. The number of carbonyl (C=O) groups is 1. The molecule has 6 heteroatoms. The normalized spacial score (nSPS) is 15.8. The highest BCUT2D eigenvalue weighted by molar-refractivity contribution is 5.79. The van der Waals surface area contributed by atoms with Gasteiger partial charge in [-0.15, -0.1) is 0 Å². The Kier molecular flexibility index (Phi) is 5.23. The fraction of sp³-hybridized carbons (Fsp3) is 0.300. The molecule has 0 fully saturated rings. The molecule has 136 valence electrons. The van der Waals surface area contributed by atoms with Crippen molar-refractivity contribution in [1.82, 2.24) is 0 Å². The molecule has 2 aromatic rings. The topological polar surface area (TPSA) is 91.2 Å². The van der Waals surface area contributed by atoms with Crippen molar-refractivity contribution in [3.8, 4) is 11.1 Å². The second-order valence-electron chi connectivity index (χ2n) is 6.16. The number of hydrogen-bond donors (Lipinski definition) is 1. The van der Waals surface area contributed by atoms with E-state index in [0.29, 0.717) is 0 Å². The highest BCUT2D eigenvalue weighted by atomic mass is 16.6. The Morgan fingerprint density at radius 2 is 1.69 bits per heavy atom. The molecule has 0 bridgehead atoms. The van der Waals surface area contributed by atoms with Gasteiger partial charge in [0.25, 0.3) is 0 Å². The summed E-state index contributed by atoms with van der Waals surface area (Å²) in [4.78, 5) is 14.9. The molecule has 0 aromatic heterocycles. The summed E-state index contributed by atoms with van der Waals surface area (Å²) in [7, 11) is 1.37. The lowest BCUT2D eigenvalue weighted by atomic mass is 9.98. The van der Waals surface area contributed by atoms with Crippen LogP contribution in [0.15, 0.2) is 53.5 Å². The molecule has 26 heavy (non-hydrogen) atoms. The van der Waals surface area contributed by atoms with Crippen molar-refractivity contribution in [1.29, 1.82) is 0 Å². The molecule has 1 aliphatic rings. The molecule has 2 aromatic carbocycles. The number of aliphatic carboxylic acids is 1. The van der Waals surface area contributed by atoms with E-state index in [-0.39, 0.29) is 12.5 Å². The van der Waals surface area contributed by atoms with Gasteiger partial charge >= 0.3 is 5.97 Å². The SMILES string of the molecule is COC(C)[C@@H](N=C([O-])OCC1c2ccccc2-c2ccccc21)C(=O)O. The van der Waals surface area contributed by atoms with E-state index < -0.39 is 24.2 Å². The Bertz CT molecular complexity index is 787. The number of rotatable bonds is 6. The molecule has 0 aliphatic heterocycles. The van der Waals surface area contributed by atoms with Crippen molar-refractivity contribution >= 4 is 12.1 Å². The summed E-state index contributed by atoms with van der Waals surface area (Å²) in [6.07, 6.45) is -1.63. The number of benzene rings is 2. The van der Waals surface area contributed by atoms with Crippen molar-refractivity contribution in [3.05, 3.63) is 59.7 Å². The third-order valence-electron chi connectivity index (χ3n) is 4.65. The number of carboxylic acid groups (broad SMARTS) is 1. The lowest BCUT2D eigenvalue weighted by Gasteiger charge is -2.23. The van der Waals surface area contributed by atoms with Gasteiger partial charge in [-0.2, -0.15) is 0 Å². The maximum Gasteiger partial charge on any atom is 0.331 e. The van der Waals surface area contributed by atoms with Gasteiger partial charge in [0.05, 0.1) is 6.10 Å². The average Bonchev–Trinajstić information content (AvgIpc) is 2.97. The van der Waals surface area contributed by atoms with Crippen LogP contribution < -0.4 is 5.11 Å². The van der Waals surface area contributed by atoms with Gasteiger partial charge in [0, 0.05) is 19.6 Å². The van der Waals surface area contributed by atoms with E-state index in [4.69, 9.17) is 9.47 Å². The minimum Gasteiger partial charge on any atom is -0.599 e. The van der Waals surface area contributed by atoms with Gasteiger partial charge in [0.1, 0.15) is 6.08 Å². The molecule has 0 saturated heterocycles. The van der Waals surface area contributed by atoms with Gasteiger partial charge in [-0.1, -0.05) is 48.5 Å². The Balaban J connectivity index is 1.79. The lowest BCUT2D eigenvalue weighted by Crippen LogP contribution is -2.35. The van der Waals surface area contributed by atoms with E-state index in [1.807, 2.05) is 48.5 Å². The van der Waals surface area contributed by atoms with Crippen LogP contribution in [0.4, 0.5) is 0 Å². The van der Waals surface area contributed by atoms with Crippen LogP contribution in [-0.2, 0) is 14.3 Å². The van der Waals surface area contributed by atoms with Crippen molar-refractivity contribution in [2.75, 3.05) is 13.7 Å². The Morgan fingerprint density at radius 1 is 1.15 bits per heavy atom. The Morgan fingerprint density at radius 3 is 2.19 bits per heavy atom. The number of nitrogens with zero attached hydrogens (tertiary/aromatic N) is 1. The molecule has 6 nitrogen and oxygen atoms in total. The standard InChI is InChI=1S/C20H21NO5/c1-12(25-2)18(19(22)23)21-20(24)26-11-17-15-9-5-3-7-13(15)14-8-4-6-10-16(14)17/h3-10,12,17-18H,11H2,1-2H3,(H,21,24)(H,22,23)/p-1/t12?,18-/m1/s1. The molecule has 0 heterocycles. The first-order chi connectivity index (χ1) is 12.5. The van der Waals surface area contributed by atoms with E-state index in [1.54, 1.807) is 6.92 Å². The van der Waals surface area contributed by atoms with Crippen LogP contribution in [-0.4, -0.2) is 43.0 Å². The minimum atomic E-state index is -1.30. The predicted octanol–water partition coefficient (Wildman–Crippen LogP) is 2.02. The monoisotopic (exact) mass is 354 g/mol. The first-order valence-corrected chi connectivity index (χ1v) is 8.34. The molecule has 1 N–H and O–H groups in total. The molecule has 0 amide bonds. The lowest BCUT2D eigenvalue weighted by molar-refractivity contribution is -0.251. The average molecular weight is 354 g/mol. The van der Waals surface area contributed by atoms with Crippen LogP contribution in [0.25, 0.3) is 11.1 Å². The molecule has 3 rings (SSSR count). The molecule has 1 aliphatic carbocycles. The van der Waals surface area contributed by atoms with Crippen molar-refractivity contribution in [2.45, 2.75) is 25.0 Å². The van der Waals surface area contributed by atoms with E-state index >= 15 is 0 Å². The Labute approximate surface area is 151 Å². The third kappa shape index (κ3) is 3.41. The fourth-order valence-corrected chi connectivity index (χ4v) is 3.23. The molecular formula is C20H20NO5-. The summed E-state index contributed by atoms with van der Waals surface area (Å²) in [6, 6.07) is 14.7. The summed E-state index contributed by atoms with van der Waals surface area (Å²) in [6.45, 7) is 1.64. The molecule has 0 saturated carbocycles. The van der Waals surface area contributed by atoms with Crippen molar-refractivity contribution < 1.29 is 24.5 Å². The number of ether oxygens (including phenoxy) is 2. The van der Waals surface area contributed by atoms with Crippen LogP contribution in [0, 0.1) is 0 Å². The first-order valence-electron chi connectivity index (χ1n) is 8.34. The number of hydrogen-bond acceptors (Lipinski definition) is 5. The summed E-state index contributed by atoms with van der Waals surface area (Å²) in [5.41, 5.74) is 4.41. The Hall–Kier alpha value is -2.86. The van der Waals surface area contributed by atoms with Gasteiger partial charge < -0.3 is 19.7 Å². The van der Waals surface area contributed by atoms with E-state index in [1.165, 1.54) is 7.11 Å². The minimum absolute atomic E-state index is 0.0929. The molecule has 1 unspecified atom stereocenters. The summed E-state index contributed by atoms with van der Waals surface area (Å²) in [5, 5.41) is 21.2. The van der Waals surface area contributed by atoms with Gasteiger partial charge in [-0.3, -0.25) is 4.99 Å². The van der Waals surface area contributed by atoms with Gasteiger partial charge in [-0.25, -0.2) is 4.79 Å². The quantitative estimate of drug-likeness (QED) is 0.633. The van der Waals surface area contributed by atoms with Crippen LogP contribution >= 0.6 is 0 Å². The zero-order chi connectivity index (χ0) is 18.7. The van der Waals surface area contributed by atoms with Crippen LogP contribution in [0.2, 0.25) is 0 Å². The first kappa shape index (κ1) is 17.9. The van der Waals surface area contributed by atoms with Crippen LogP contribution in [0.3, 0.4) is 0 Å². The zero-order valence-corrected chi connectivity index (χ0v) is 14.6. The highest BCUT2D eigenvalue weighted by Crippen LogP contribution is 2.44. The van der Waals surface area contributed by atoms with Crippen LogP contribution in [0.5, 0.6) is 0 Å². The maximum absolute atomic E-state index is 12.1. The van der Waals surface area contributed by atoms with Crippen LogP contribution in [0.1, 0.15) is 24.0 Å². The second kappa shape index (κ2) is 7.58. The molecular weight excluding hydrogens is 334 g/mol. The summed E-state index contributed by atoms with van der Waals surface area (Å²) < 4.78 is 10.3. The van der Waals surface area contributed by atoms with Gasteiger partial charge in [0.2, 0.25) is 0 Å². The maximum atomic E-state index is 12.1. The smallest absolute Gasteiger partial charge is 0.331 e. The number of carboxylic acids is 1. The van der Waals surface area contributed by atoms with E-state index in [0.717, 1.165) is 22.3 Å². The number of fused-ring (bicyclic) bond motifs is 3. The summed E-state index contributed by atoms with van der Waals surface area (Å²) in [5.74, 6) is -1.32. The number of methoxy groups -OCH3 is 1. The highest BCUT2D eigenvalue weighted by Gasteiger charge is 2.27. The van der Waals surface area contributed by atoms with E-state index in [9.17, 15) is 15.0 Å². The van der Waals surface area contributed by atoms with E-state index in [2.05, 4.69) is 4.99 Å². The third-order valence-corrected chi connectivity index (χ3v) is 4.65. The predicted molar refractivity (Wildman–Crippen MR) is 95.0 cm³/mol. The van der Waals surface area contributed by atoms with Crippen molar-refractivity contribution in [2.24, 2.45) is 4.99 Å². The van der Waals surface area contributed by atoms with Crippen molar-refractivity contribution in [3.63, 3.8) is 0 Å². The fourth-order valence-electron chi connectivity index (χ4n) is 3.23. The molecule has 0 radical (unpaired) electrons. The second-order valence-corrected chi connectivity index (χ2v) is 6.16. The molecule has 2 atom stereocenters. The largest absolute Gasteiger partial charge is 0.599 e.